The third-order valence-corrected chi connectivity index (χ3v) is 7.84. The molecule has 34 heavy (non-hydrogen) atoms. The lowest BCUT2D eigenvalue weighted by molar-refractivity contribution is -0.131. The summed E-state index contributed by atoms with van der Waals surface area (Å²) in [5, 5.41) is 0. The predicted molar refractivity (Wildman–Crippen MR) is 132 cm³/mol. The smallest absolute Gasteiger partial charge is 0.242 e. The van der Waals surface area contributed by atoms with Crippen molar-refractivity contribution in [1.82, 2.24) is 14.1 Å². The lowest BCUT2D eigenvalue weighted by Crippen LogP contribution is -2.36. The number of hydrogen-bond donors (Lipinski definition) is 0. The Hall–Kier alpha value is -2.62. The van der Waals surface area contributed by atoms with E-state index in [0.29, 0.717) is 18.8 Å². The number of methoxy groups -OCH3 is 1. The van der Waals surface area contributed by atoms with Gasteiger partial charge >= 0.3 is 0 Å². The summed E-state index contributed by atoms with van der Waals surface area (Å²) in [6, 6.07) is 14.3. The van der Waals surface area contributed by atoms with Gasteiger partial charge in [0.1, 0.15) is 18.1 Å². The van der Waals surface area contributed by atoms with E-state index in [-0.39, 0.29) is 10.8 Å². The van der Waals surface area contributed by atoms with Gasteiger partial charge in [-0.25, -0.2) is 12.7 Å². The molecule has 3 rings (SSSR count). The van der Waals surface area contributed by atoms with Crippen molar-refractivity contribution in [2.24, 2.45) is 0 Å². The van der Waals surface area contributed by atoms with Gasteiger partial charge in [-0.1, -0.05) is 12.1 Å². The van der Waals surface area contributed by atoms with Crippen molar-refractivity contribution in [2.45, 2.75) is 24.2 Å². The molecule has 8 nitrogen and oxygen atoms in total. The third-order valence-electron chi connectivity index (χ3n) is 6.01. The number of rotatable bonds is 10. The maximum atomic E-state index is 12.7. The van der Waals surface area contributed by atoms with Gasteiger partial charge in [-0.3, -0.25) is 9.69 Å². The van der Waals surface area contributed by atoms with Gasteiger partial charge in [0.25, 0.3) is 0 Å². The fourth-order valence-corrected chi connectivity index (χ4v) is 4.76. The standard InChI is InChI=1S/C25H35N3O5S/c1-26(2)34(30,31)24-12-10-23(11-13-24)33-20-19-27-15-4-16-28(18-17-27)25(29)14-7-21-5-8-22(32-3)9-6-21/h5-6,8-13H,4,7,14-20H2,1-3H3. The SMILES string of the molecule is COc1ccc(CCC(=O)N2CCCN(CCOc3ccc(S(=O)(=O)N(C)C)cc3)CC2)cc1. The van der Waals surface area contributed by atoms with E-state index in [2.05, 4.69) is 4.90 Å². The molecule has 1 heterocycles. The van der Waals surface area contributed by atoms with E-state index in [0.717, 1.165) is 56.9 Å². The Morgan fingerprint density at radius 2 is 1.62 bits per heavy atom. The molecule has 1 amide bonds. The molecule has 1 aliphatic heterocycles. The molecular weight excluding hydrogens is 454 g/mol. The van der Waals surface area contributed by atoms with Crippen LogP contribution in [0.2, 0.25) is 0 Å². The van der Waals surface area contributed by atoms with Crippen molar-refractivity contribution >= 4 is 15.9 Å². The van der Waals surface area contributed by atoms with E-state index in [4.69, 9.17) is 9.47 Å². The van der Waals surface area contributed by atoms with Gasteiger partial charge in [0.2, 0.25) is 15.9 Å². The quantitative estimate of drug-likeness (QED) is 0.510. The van der Waals surface area contributed by atoms with E-state index in [1.165, 1.54) is 18.4 Å². The summed E-state index contributed by atoms with van der Waals surface area (Å²) in [6.45, 7) is 4.50. The number of sulfonamides is 1. The molecule has 0 spiro atoms. The molecule has 9 heteroatoms. The number of amides is 1. The molecule has 2 aromatic rings. The fraction of sp³-hybridized carbons (Fsp3) is 0.480. The van der Waals surface area contributed by atoms with Crippen LogP contribution in [-0.4, -0.2) is 89.0 Å². The molecule has 0 aromatic heterocycles. The number of ether oxygens (including phenoxy) is 2. The van der Waals surface area contributed by atoms with E-state index < -0.39 is 10.0 Å². The minimum atomic E-state index is -3.44. The molecule has 1 aliphatic rings. The van der Waals surface area contributed by atoms with E-state index in [9.17, 15) is 13.2 Å². The second-order valence-corrected chi connectivity index (χ2v) is 10.7. The minimum Gasteiger partial charge on any atom is -0.497 e. The molecule has 1 fully saturated rings. The highest BCUT2D eigenvalue weighted by molar-refractivity contribution is 7.89. The molecule has 0 atom stereocenters. The summed E-state index contributed by atoms with van der Waals surface area (Å²) < 4.78 is 36.5. The Balaban J connectivity index is 1.39. The van der Waals surface area contributed by atoms with Gasteiger partial charge in [0.15, 0.2) is 0 Å². The minimum absolute atomic E-state index is 0.196. The normalized spacial score (nSPS) is 15.2. The van der Waals surface area contributed by atoms with Crippen molar-refractivity contribution in [3.8, 4) is 11.5 Å². The summed E-state index contributed by atoms with van der Waals surface area (Å²) in [6.07, 6.45) is 2.17. The maximum absolute atomic E-state index is 12.7. The second kappa shape index (κ2) is 12.2. The molecule has 0 unspecified atom stereocenters. The lowest BCUT2D eigenvalue weighted by atomic mass is 10.1. The van der Waals surface area contributed by atoms with Gasteiger partial charge in [0.05, 0.1) is 12.0 Å². The summed E-state index contributed by atoms with van der Waals surface area (Å²) in [4.78, 5) is 17.2. The highest BCUT2D eigenvalue weighted by Gasteiger charge is 2.19. The van der Waals surface area contributed by atoms with Crippen molar-refractivity contribution in [3.63, 3.8) is 0 Å². The molecule has 1 saturated heterocycles. The van der Waals surface area contributed by atoms with Crippen LogP contribution in [0, 0.1) is 0 Å². The Bertz CT molecular complexity index is 1020. The number of carbonyl (C=O) groups excluding carboxylic acids is 1. The lowest BCUT2D eigenvalue weighted by Gasteiger charge is -2.22. The fourth-order valence-electron chi connectivity index (χ4n) is 3.86. The Morgan fingerprint density at radius 3 is 2.26 bits per heavy atom. The van der Waals surface area contributed by atoms with Crippen molar-refractivity contribution < 1.29 is 22.7 Å². The first-order valence-corrected chi connectivity index (χ1v) is 13.0. The van der Waals surface area contributed by atoms with E-state index >= 15 is 0 Å². The van der Waals surface area contributed by atoms with Gasteiger partial charge in [-0.2, -0.15) is 0 Å². The van der Waals surface area contributed by atoms with Crippen LogP contribution in [0.15, 0.2) is 53.4 Å². The maximum Gasteiger partial charge on any atom is 0.242 e. The van der Waals surface area contributed by atoms with Crippen molar-refractivity contribution in [2.75, 3.05) is 60.5 Å². The van der Waals surface area contributed by atoms with Gasteiger partial charge in [-0.05, 0) is 54.8 Å². The zero-order chi connectivity index (χ0) is 24.6. The first kappa shape index (κ1) is 26.0. The summed E-state index contributed by atoms with van der Waals surface area (Å²) in [7, 11) is 1.23. The highest BCUT2D eigenvalue weighted by Crippen LogP contribution is 2.18. The van der Waals surface area contributed by atoms with Crippen LogP contribution in [0.25, 0.3) is 0 Å². The van der Waals surface area contributed by atoms with Crippen LogP contribution >= 0.6 is 0 Å². The molecule has 186 valence electrons. The van der Waals surface area contributed by atoms with Gasteiger partial charge in [-0.15, -0.1) is 0 Å². The van der Waals surface area contributed by atoms with E-state index in [1.54, 1.807) is 31.4 Å². The number of hydrogen-bond acceptors (Lipinski definition) is 6. The topological polar surface area (TPSA) is 79.4 Å². The number of benzene rings is 2. The molecule has 2 aromatic carbocycles. The van der Waals surface area contributed by atoms with Crippen LogP contribution in [0.1, 0.15) is 18.4 Å². The van der Waals surface area contributed by atoms with Crippen LogP contribution in [0.3, 0.4) is 0 Å². The van der Waals surface area contributed by atoms with Crippen molar-refractivity contribution in [3.05, 3.63) is 54.1 Å². The average Bonchev–Trinajstić information content (AvgIpc) is 3.09. The van der Waals surface area contributed by atoms with Crippen LogP contribution in [-0.2, 0) is 21.2 Å². The zero-order valence-electron chi connectivity index (χ0n) is 20.3. The summed E-state index contributed by atoms with van der Waals surface area (Å²) in [5.74, 6) is 1.66. The summed E-state index contributed by atoms with van der Waals surface area (Å²) >= 11 is 0. The van der Waals surface area contributed by atoms with E-state index in [1.807, 2.05) is 29.2 Å². The molecule has 0 N–H and O–H groups in total. The Morgan fingerprint density at radius 1 is 0.941 bits per heavy atom. The molecule has 0 bridgehead atoms. The third kappa shape index (κ3) is 7.19. The summed E-state index contributed by atoms with van der Waals surface area (Å²) in [5.41, 5.74) is 1.13. The highest BCUT2D eigenvalue weighted by atomic mass is 32.2. The Kier molecular flexibility index (Phi) is 9.32. The van der Waals surface area contributed by atoms with Gasteiger partial charge in [0, 0.05) is 53.2 Å². The molecule has 0 radical (unpaired) electrons. The zero-order valence-corrected chi connectivity index (χ0v) is 21.1. The molecule has 0 aliphatic carbocycles. The number of nitrogens with zero attached hydrogens (tertiary/aromatic N) is 3. The molecule has 0 saturated carbocycles. The molecular formula is C25H35N3O5S. The largest absolute Gasteiger partial charge is 0.497 e. The number of aryl methyl sites for hydroxylation is 1. The van der Waals surface area contributed by atoms with Crippen molar-refractivity contribution in [1.29, 1.82) is 0 Å². The predicted octanol–water partition coefficient (Wildman–Crippen LogP) is 2.49. The first-order chi connectivity index (χ1) is 16.3. The number of carbonyl (C=O) groups is 1. The average molecular weight is 490 g/mol. The monoisotopic (exact) mass is 489 g/mol. The van der Waals surface area contributed by atoms with Crippen LogP contribution < -0.4 is 9.47 Å². The van der Waals surface area contributed by atoms with Crippen LogP contribution in [0.5, 0.6) is 11.5 Å². The van der Waals surface area contributed by atoms with Crippen LogP contribution in [0.4, 0.5) is 0 Å². The Labute approximate surface area is 203 Å². The first-order valence-electron chi connectivity index (χ1n) is 11.6. The van der Waals surface area contributed by atoms with Gasteiger partial charge < -0.3 is 14.4 Å². The second-order valence-electron chi connectivity index (χ2n) is 8.53.